The maximum absolute atomic E-state index is 10.2. The third-order valence-electron chi connectivity index (χ3n) is 1.09. The SMILES string of the molecule is CC.CC.CC1CCC(=O)O1. The Kier molecular flexibility index (Phi) is 11.3. The van der Waals surface area contributed by atoms with Crippen molar-refractivity contribution in [2.45, 2.75) is 53.6 Å². The summed E-state index contributed by atoms with van der Waals surface area (Å²) in [4.78, 5) is 10.2. The highest BCUT2D eigenvalue weighted by Gasteiger charge is 2.17. The lowest BCUT2D eigenvalue weighted by atomic mass is 10.3. The molecule has 2 nitrogen and oxygen atoms in total. The van der Waals surface area contributed by atoms with Gasteiger partial charge in [-0.05, 0) is 13.3 Å². The summed E-state index contributed by atoms with van der Waals surface area (Å²) >= 11 is 0. The van der Waals surface area contributed by atoms with E-state index in [0.717, 1.165) is 6.42 Å². The number of rotatable bonds is 0. The molecule has 0 amide bonds. The summed E-state index contributed by atoms with van der Waals surface area (Å²) in [6, 6.07) is 0. The smallest absolute Gasteiger partial charge is 0.306 e. The zero-order valence-corrected chi connectivity index (χ0v) is 8.31. The van der Waals surface area contributed by atoms with Crippen LogP contribution in [-0.2, 0) is 9.53 Å². The predicted octanol–water partition coefficient (Wildman–Crippen LogP) is 2.76. The van der Waals surface area contributed by atoms with Gasteiger partial charge in [-0.3, -0.25) is 4.79 Å². The zero-order valence-electron chi connectivity index (χ0n) is 8.31. The van der Waals surface area contributed by atoms with Gasteiger partial charge in [-0.15, -0.1) is 0 Å². The monoisotopic (exact) mass is 160 g/mol. The van der Waals surface area contributed by atoms with Gasteiger partial charge in [0.15, 0.2) is 0 Å². The van der Waals surface area contributed by atoms with Gasteiger partial charge in [-0.1, -0.05) is 27.7 Å². The normalized spacial score (nSPS) is 20.5. The van der Waals surface area contributed by atoms with Gasteiger partial charge in [0.25, 0.3) is 0 Å². The topological polar surface area (TPSA) is 26.3 Å². The summed E-state index contributed by atoms with van der Waals surface area (Å²) in [5.41, 5.74) is 0. The van der Waals surface area contributed by atoms with Crippen molar-refractivity contribution in [2.24, 2.45) is 0 Å². The van der Waals surface area contributed by atoms with E-state index in [4.69, 9.17) is 4.74 Å². The molecule has 1 aliphatic rings. The Bertz CT molecular complexity index is 89.6. The third kappa shape index (κ3) is 7.37. The Morgan fingerprint density at radius 3 is 1.82 bits per heavy atom. The molecule has 1 heterocycles. The Labute approximate surface area is 69.9 Å². The lowest BCUT2D eigenvalue weighted by Gasteiger charge is -1.95. The van der Waals surface area contributed by atoms with Gasteiger partial charge in [-0.2, -0.15) is 0 Å². The van der Waals surface area contributed by atoms with E-state index in [1.807, 2.05) is 34.6 Å². The van der Waals surface area contributed by atoms with Crippen LogP contribution in [0.25, 0.3) is 0 Å². The van der Waals surface area contributed by atoms with E-state index in [9.17, 15) is 4.79 Å². The highest BCUT2D eigenvalue weighted by Crippen LogP contribution is 2.11. The van der Waals surface area contributed by atoms with Crippen LogP contribution in [-0.4, -0.2) is 12.1 Å². The van der Waals surface area contributed by atoms with Gasteiger partial charge in [0.05, 0.1) is 6.10 Å². The summed E-state index contributed by atoms with van der Waals surface area (Å²) in [5.74, 6) is -0.0486. The molecule has 1 fully saturated rings. The van der Waals surface area contributed by atoms with Crippen LogP contribution in [0.5, 0.6) is 0 Å². The van der Waals surface area contributed by atoms with Gasteiger partial charge < -0.3 is 4.74 Å². The molecule has 1 atom stereocenters. The van der Waals surface area contributed by atoms with E-state index < -0.39 is 0 Å². The molecule has 0 aromatic heterocycles. The second kappa shape index (κ2) is 9.47. The summed E-state index contributed by atoms with van der Waals surface area (Å²) in [5, 5.41) is 0. The lowest BCUT2D eigenvalue weighted by molar-refractivity contribution is -0.140. The predicted molar refractivity (Wildman–Crippen MR) is 47.5 cm³/mol. The summed E-state index contributed by atoms with van der Waals surface area (Å²) in [6.07, 6.45) is 1.69. The fourth-order valence-electron chi connectivity index (χ4n) is 0.663. The van der Waals surface area contributed by atoms with Crippen molar-refractivity contribution < 1.29 is 9.53 Å². The van der Waals surface area contributed by atoms with E-state index in [1.165, 1.54) is 0 Å². The molecule has 0 radical (unpaired) electrons. The Hall–Kier alpha value is -0.530. The molecule has 1 unspecified atom stereocenters. The maximum Gasteiger partial charge on any atom is 0.306 e. The minimum Gasteiger partial charge on any atom is -0.463 e. The Balaban J connectivity index is 0. The number of hydrogen-bond acceptors (Lipinski definition) is 2. The van der Waals surface area contributed by atoms with E-state index in [-0.39, 0.29) is 12.1 Å². The number of esters is 1. The first-order valence-electron chi connectivity index (χ1n) is 4.48. The molecule has 2 heteroatoms. The van der Waals surface area contributed by atoms with Gasteiger partial charge in [0, 0.05) is 6.42 Å². The van der Waals surface area contributed by atoms with E-state index >= 15 is 0 Å². The van der Waals surface area contributed by atoms with Gasteiger partial charge in [0.2, 0.25) is 0 Å². The summed E-state index contributed by atoms with van der Waals surface area (Å²) < 4.78 is 4.72. The lowest BCUT2D eigenvalue weighted by Crippen LogP contribution is -1.98. The average molecular weight is 160 g/mol. The minimum atomic E-state index is -0.0486. The molecule has 0 aliphatic carbocycles. The molecule has 0 aromatic carbocycles. The van der Waals surface area contributed by atoms with Crippen LogP contribution in [0.1, 0.15) is 47.5 Å². The first-order valence-corrected chi connectivity index (χ1v) is 4.48. The Morgan fingerprint density at radius 2 is 1.73 bits per heavy atom. The van der Waals surface area contributed by atoms with Crippen molar-refractivity contribution >= 4 is 5.97 Å². The number of carbonyl (C=O) groups excluding carboxylic acids is 1. The quantitative estimate of drug-likeness (QED) is 0.509. The largest absolute Gasteiger partial charge is 0.463 e. The molecule has 1 saturated heterocycles. The third-order valence-corrected chi connectivity index (χ3v) is 1.09. The molecule has 1 aliphatic heterocycles. The van der Waals surface area contributed by atoms with Crippen LogP contribution in [0, 0.1) is 0 Å². The van der Waals surface area contributed by atoms with Gasteiger partial charge in [-0.25, -0.2) is 0 Å². The number of ether oxygens (including phenoxy) is 1. The first kappa shape index (κ1) is 13.1. The van der Waals surface area contributed by atoms with Crippen molar-refractivity contribution in [1.82, 2.24) is 0 Å². The molecule has 0 saturated carbocycles. The molecule has 0 aromatic rings. The number of hydrogen-bond donors (Lipinski definition) is 0. The van der Waals surface area contributed by atoms with E-state index in [2.05, 4.69) is 0 Å². The van der Waals surface area contributed by atoms with Crippen molar-refractivity contribution in [2.75, 3.05) is 0 Å². The van der Waals surface area contributed by atoms with Gasteiger partial charge in [0.1, 0.15) is 0 Å². The van der Waals surface area contributed by atoms with Crippen LogP contribution in [0.4, 0.5) is 0 Å². The average Bonchev–Trinajstić information content (AvgIpc) is 2.43. The second-order valence-electron chi connectivity index (χ2n) is 1.84. The first-order chi connectivity index (χ1) is 5.29. The fraction of sp³-hybridized carbons (Fsp3) is 0.889. The second-order valence-corrected chi connectivity index (χ2v) is 1.84. The van der Waals surface area contributed by atoms with E-state index in [0.29, 0.717) is 6.42 Å². The van der Waals surface area contributed by atoms with Gasteiger partial charge >= 0.3 is 5.97 Å². The molecule has 0 N–H and O–H groups in total. The van der Waals surface area contributed by atoms with Crippen LogP contribution in [0.2, 0.25) is 0 Å². The molecular formula is C9H20O2. The van der Waals surface area contributed by atoms with Crippen molar-refractivity contribution in [1.29, 1.82) is 0 Å². The van der Waals surface area contributed by atoms with Crippen LogP contribution in [0.15, 0.2) is 0 Å². The zero-order chi connectivity index (χ0) is 9.28. The minimum absolute atomic E-state index is 0.0486. The number of carbonyl (C=O) groups is 1. The highest BCUT2D eigenvalue weighted by molar-refractivity contribution is 5.71. The molecule has 68 valence electrons. The van der Waals surface area contributed by atoms with Crippen molar-refractivity contribution in [3.05, 3.63) is 0 Å². The number of cyclic esters (lactones) is 1. The molecule has 11 heavy (non-hydrogen) atoms. The molecule has 0 bridgehead atoms. The van der Waals surface area contributed by atoms with Crippen LogP contribution >= 0.6 is 0 Å². The van der Waals surface area contributed by atoms with Crippen molar-refractivity contribution in [3.63, 3.8) is 0 Å². The fourth-order valence-corrected chi connectivity index (χ4v) is 0.663. The molecular weight excluding hydrogens is 140 g/mol. The summed E-state index contributed by atoms with van der Waals surface area (Å²) in [6.45, 7) is 9.91. The van der Waals surface area contributed by atoms with Crippen molar-refractivity contribution in [3.8, 4) is 0 Å². The molecule has 1 rings (SSSR count). The Morgan fingerprint density at radius 1 is 1.27 bits per heavy atom. The van der Waals surface area contributed by atoms with Crippen LogP contribution < -0.4 is 0 Å². The van der Waals surface area contributed by atoms with E-state index in [1.54, 1.807) is 0 Å². The molecule has 0 spiro atoms. The maximum atomic E-state index is 10.2. The summed E-state index contributed by atoms with van der Waals surface area (Å²) in [7, 11) is 0. The standard InChI is InChI=1S/C5H8O2.2C2H6/c1-4-2-3-5(6)7-4;2*1-2/h4H,2-3H2,1H3;2*1-2H3. The van der Waals surface area contributed by atoms with Crippen LogP contribution in [0.3, 0.4) is 0 Å². The highest BCUT2D eigenvalue weighted by atomic mass is 16.5.